The highest BCUT2D eigenvalue weighted by atomic mass is 16.4. The van der Waals surface area contributed by atoms with Crippen molar-refractivity contribution in [3.63, 3.8) is 0 Å². The van der Waals surface area contributed by atoms with Crippen LogP contribution in [0, 0.1) is 0 Å². The second kappa shape index (κ2) is 18.3. The van der Waals surface area contributed by atoms with Crippen LogP contribution in [0.4, 0.5) is 4.79 Å². The third kappa shape index (κ3) is 19.3. The van der Waals surface area contributed by atoms with Gasteiger partial charge in [-0.2, -0.15) is 0 Å². The van der Waals surface area contributed by atoms with Crippen molar-refractivity contribution in [2.75, 3.05) is 6.54 Å². The Balaban J connectivity index is 2.95. The summed E-state index contributed by atoms with van der Waals surface area (Å²) in [5, 5.41) is 12.4. The smallest absolute Gasteiger partial charge is 0.318 e. The molecular formula is C19H38NO2. The van der Waals surface area contributed by atoms with Crippen LogP contribution in [0.3, 0.4) is 0 Å². The topological polar surface area (TPSA) is 49.0 Å². The highest BCUT2D eigenvalue weighted by molar-refractivity contribution is 5.63. The van der Waals surface area contributed by atoms with E-state index in [1.807, 2.05) is 0 Å². The Hall–Kier alpha value is -0.730. The first kappa shape index (κ1) is 21.3. The zero-order chi connectivity index (χ0) is 16.3. The van der Waals surface area contributed by atoms with Gasteiger partial charge in [0.2, 0.25) is 0 Å². The second-order valence-corrected chi connectivity index (χ2v) is 6.52. The fraction of sp³-hybridized carbons (Fsp3) is 0.947. The minimum Gasteiger partial charge on any atom is -0.318 e. The number of nitrogens with one attached hydrogen (secondary N) is 1. The minimum atomic E-state index is -1.15. The van der Waals surface area contributed by atoms with Gasteiger partial charge in [-0.1, -0.05) is 103 Å². The zero-order valence-electron chi connectivity index (χ0n) is 14.8. The summed E-state index contributed by atoms with van der Waals surface area (Å²) in [4.78, 5) is 10.1. The molecule has 0 aromatic carbocycles. The van der Waals surface area contributed by atoms with Gasteiger partial charge >= 0.3 is 6.09 Å². The van der Waals surface area contributed by atoms with Crippen molar-refractivity contribution in [2.45, 2.75) is 110 Å². The lowest BCUT2D eigenvalue weighted by atomic mass is 10.0. The Morgan fingerprint density at radius 1 is 0.591 bits per heavy atom. The predicted molar refractivity (Wildman–Crippen MR) is 93.6 cm³/mol. The molecular weight excluding hydrogens is 274 g/mol. The van der Waals surface area contributed by atoms with E-state index in [0.29, 0.717) is 6.54 Å². The molecule has 0 saturated carbocycles. The monoisotopic (exact) mass is 312 g/mol. The molecule has 1 N–H and O–H groups in total. The fourth-order valence-electron chi connectivity index (χ4n) is 2.86. The first-order valence-electron chi connectivity index (χ1n) is 9.72. The Bertz CT molecular complexity index is 231. The van der Waals surface area contributed by atoms with Gasteiger partial charge in [0, 0.05) is 6.54 Å². The number of hydrogen-bond acceptors (Lipinski definition) is 1. The molecule has 131 valence electrons. The first-order chi connectivity index (χ1) is 10.8. The van der Waals surface area contributed by atoms with Crippen molar-refractivity contribution < 1.29 is 9.90 Å². The molecule has 1 amide bonds. The van der Waals surface area contributed by atoms with Crippen molar-refractivity contribution >= 4 is 6.09 Å². The van der Waals surface area contributed by atoms with E-state index in [-0.39, 0.29) is 0 Å². The fourth-order valence-corrected chi connectivity index (χ4v) is 2.86. The molecule has 0 aromatic rings. The maximum Gasteiger partial charge on any atom is 0.450 e. The minimum absolute atomic E-state index is 0.542. The summed E-state index contributed by atoms with van der Waals surface area (Å²) < 4.78 is 0. The molecule has 0 aliphatic carbocycles. The van der Waals surface area contributed by atoms with Crippen LogP contribution in [0.25, 0.3) is 0 Å². The van der Waals surface area contributed by atoms with Crippen LogP contribution in [0.5, 0.6) is 0 Å². The highest BCUT2D eigenvalue weighted by Crippen LogP contribution is 2.13. The van der Waals surface area contributed by atoms with Gasteiger partial charge in [-0.15, -0.1) is 0 Å². The normalized spacial score (nSPS) is 10.8. The Labute approximate surface area is 138 Å². The zero-order valence-corrected chi connectivity index (χ0v) is 14.8. The van der Waals surface area contributed by atoms with Gasteiger partial charge in [-0.3, -0.25) is 0 Å². The van der Waals surface area contributed by atoms with E-state index in [9.17, 15) is 9.90 Å². The molecule has 22 heavy (non-hydrogen) atoms. The van der Waals surface area contributed by atoms with Gasteiger partial charge in [-0.05, 0) is 6.42 Å². The van der Waals surface area contributed by atoms with Gasteiger partial charge in [0.05, 0.1) is 0 Å². The molecule has 0 aliphatic rings. The van der Waals surface area contributed by atoms with Gasteiger partial charge in [0.25, 0.3) is 0 Å². The SMILES string of the molecule is CCCCCCCCCCCCCCCCCCNC([O])=O. The van der Waals surface area contributed by atoms with Gasteiger partial charge in [-0.25, -0.2) is 9.90 Å². The standard InChI is InChI=1S/C19H38NO2/c1-2-3-4-5-6-7-8-9-10-11-12-13-14-15-16-17-18-20-19(21)22/h20H,2-18H2,1H3. The average molecular weight is 313 g/mol. The largest absolute Gasteiger partial charge is 0.450 e. The summed E-state index contributed by atoms with van der Waals surface area (Å²) in [6.45, 7) is 2.81. The number of carbonyl (C=O) groups excluding carboxylic acids is 1. The Morgan fingerprint density at radius 3 is 1.23 bits per heavy atom. The van der Waals surface area contributed by atoms with E-state index in [2.05, 4.69) is 12.2 Å². The van der Waals surface area contributed by atoms with Crippen molar-refractivity contribution in [1.29, 1.82) is 0 Å². The molecule has 0 heterocycles. The van der Waals surface area contributed by atoms with Crippen LogP contribution in [0.1, 0.15) is 110 Å². The van der Waals surface area contributed by atoms with E-state index < -0.39 is 6.09 Å². The van der Waals surface area contributed by atoms with Crippen molar-refractivity contribution in [2.24, 2.45) is 0 Å². The molecule has 0 aromatic heterocycles. The maximum atomic E-state index is 10.1. The summed E-state index contributed by atoms with van der Waals surface area (Å²) in [5.74, 6) is 0. The maximum absolute atomic E-state index is 10.1. The van der Waals surface area contributed by atoms with E-state index in [1.165, 1.54) is 89.9 Å². The average Bonchev–Trinajstić information content (AvgIpc) is 2.50. The molecule has 0 saturated heterocycles. The van der Waals surface area contributed by atoms with Crippen LogP contribution in [0.2, 0.25) is 0 Å². The summed E-state index contributed by atoms with van der Waals surface area (Å²) in [6, 6.07) is 0. The van der Waals surface area contributed by atoms with Crippen LogP contribution < -0.4 is 5.32 Å². The van der Waals surface area contributed by atoms with E-state index >= 15 is 0 Å². The van der Waals surface area contributed by atoms with Crippen LogP contribution in [0.15, 0.2) is 0 Å². The number of hydrogen-bond donors (Lipinski definition) is 1. The summed E-state index contributed by atoms with van der Waals surface area (Å²) in [5.41, 5.74) is 0. The summed E-state index contributed by atoms with van der Waals surface area (Å²) in [6.07, 6.45) is 20.3. The lowest BCUT2D eigenvalue weighted by Gasteiger charge is -2.03. The van der Waals surface area contributed by atoms with Crippen LogP contribution in [-0.2, 0) is 5.11 Å². The molecule has 0 spiro atoms. The lowest BCUT2D eigenvalue weighted by Crippen LogP contribution is -2.20. The second-order valence-electron chi connectivity index (χ2n) is 6.52. The number of rotatable bonds is 17. The quantitative estimate of drug-likeness (QED) is 0.311. The van der Waals surface area contributed by atoms with Crippen LogP contribution >= 0.6 is 0 Å². The van der Waals surface area contributed by atoms with Crippen molar-refractivity contribution in [3.8, 4) is 0 Å². The number of amides is 1. The molecule has 0 aliphatic heterocycles. The third-order valence-corrected chi connectivity index (χ3v) is 4.30. The van der Waals surface area contributed by atoms with Gasteiger partial charge < -0.3 is 5.32 Å². The molecule has 0 unspecified atom stereocenters. The molecule has 3 nitrogen and oxygen atoms in total. The third-order valence-electron chi connectivity index (χ3n) is 4.30. The molecule has 0 atom stereocenters. The summed E-state index contributed by atoms with van der Waals surface area (Å²) >= 11 is 0. The number of carbonyl (C=O) groups is 1. The summed E-state index contributed by atoms with van der Waals surface area (Å²) in [7, 11) is 0. The molecule has 0 bridgehead atoms. The first-order valence-corrected chi connectivity index (χ1v) is 9.72. The highest BCUT2D eigenvalue weighted by Gasteiger charge is 1.96. The number of unbranched alkanes of at least 4 members (excludes halogenated alkanes) is 15. The molecule has 0 rings (SSSR count). The van der Waals surface area contributed by atoms with Gasteiger partial charge in [0.1, 0.15) is 0 Å². The van der Waals surface area contributed by atoms with Crippen molar-refractivity contribution in [3.05, 3.63) is 0 Å². The molecule has 0 fully saturated rings. The van der Waals surface area contributed by atoms with Gasteiger partial charge in [0.15, 0.2) is 0 Å². The van der Waals surface area contributed by atoms with E-state index in [0.717, 1.165) is 12.8 Å². The van der Waals surface area contributed by atoms with Crippen molar-refractivity contribution in [1.82, 2.24) is 5.32 Å². The molecule has 1 radical (unpaired) electrons. The predicted octanol–water partition coefficient (Wildman–Crippen LogP) is 6.39. The van der Waals surface area contributed by atoms with Crippen LogP contribution in [-0.4, -0.2) is 12.6 Å². The lowest BCUT2D eigenvalue weighted by molar-refractivity contribution is 0.168. The van der Waals surface area contributed by atoms with E-state index in [1.54, 1.807) is 0 Å². The Kier molecular flexibility index (Phi) is 17.7. The Morgan fingerprint density at radius 2 is 0.909 bits per heavy atom. The van der Waals surface area contributed by atoms with E-state index in [4.69, 9.17) is 0 Å². The molecule has 3 heteroatoms.